The van der Waals surface area contributed by atoms with Gasteiger partial charge in [-0.2, -0.15) is 0 Å². The average Bonchev–Trinajstić information content (AvgIpc) is 3.30. The van der Waals surface area contributed by atoms with Gasteiger partial charge >= 0.3 is 196 Å². The number of hydrogen-bond acceptors (Lipinski definition) is 3. The molecule has 0 heterocycles. The van der Waals surface area contributed by atoms with Crippen LogP contribution < -0.4 is 19.0 Å². The van der Waals surface area contributed by atoms with Gasteiger partial charge in [-0.3, -0.25) is 0 Å². The van der Waals surface area contributed by atoms with Gasteiger partial charge in [0.25, 0.3) is 0 Å². The molecule has 1 aromatic rings. The first-order valence-corrected chi connectivity index (χ1v) is 13.9. The maximum atomic E-state index is 12.7. The molecule has 30 heavy (non-hydrogen) atoms. The molecule has 1 aromatic carbocycles. The summed E-state index contributed by atoms with van der Waals surface area (Å²) in [7, 11) is 0. The van der Waals surface area contributed by atoms with Gasteiger partial charge < -0.3 is 0 Å². The van der Waals surface area contributed by atoms with E-state index in [9.17, 15) is 14.4 Å². The molecule has 0 aromatic heterocycles. The van der Waals surface area contributed by atoms with Crippen LogP contribution in [0.3, 0.4) is 0 Å². The number of amides is 3. The Morgan fingerprint density at radius 3 is 2.20 bits per heavy atom. The average molecular weight is 599 g/mol. The molecule has 3 rings (SSSR count). The summed E-state index contributed by atoms with van der Waals surface area (Å²) in [4.78, 5) is 37.2. The molecule has 0 bridgehead atoms. The fourth-order valence-electron chi connectivity index (χ4n) is 4.71. The summed E-state index contributed by atoms with van der Waals surface area (Å²) in [5.74, 6) is 1.53. The van der Waals surface area contributed by atoms with E-state index < -0.39 is 0 Å². The van der Waals surface area contributed by atoms with Crippen LogP contribution in [0.1, 0.15) is 76.1 Å². The van der Waals surface area contributed by atoms with E-state index in [0.717, 1.165) is 35.2 Å². The van der Waals surface area contributed by atoms with Crippen molar-refractivity contribution in [2.75, 3.05) is 10.6 Å². The Kier molecular flexibility index (Phi) is 7.94. The van der Waals surface area contributed by atoms with Gasteiger partial charge in [0.2, 0.25) is 0 Å². The third-order valence-corrected chi connectivity index (χ3v) is 9.91. The van der Waals surface area contributed by atoms with Crippen LogP contribution in [0.2, 0.25) is 0 Å². The molecule has 3 atom stereocenters. The van der Waals surface area contributed by atoms with E-state index in [-0.39, 0.29) is 49.9 Å². The Hall–Kier alpha value is -1.43. The Morgan fingerprint density at radius 1 is 1.00 bits per heavy atom. The molecular formula is C23H32HgN3O3. The molecule has 0 saturated heterocycles. The van der Waals surface area contributed by atoms with Gasteiger partial charge in [-0.15, -0.1) is 0 Å². The van der Waals surface area contributed by atoms with Crippen LogP contribution in [0.25, 0.3) is 0 Å². The van der Waals surface area contributed by atoms with E-state index in [1.54, 1.807) is 12.1 Å². The van der Waals surface area contributed by atoms with Crippen molar-refractivity contribution >= 4 is 32.2 Å². The normalized spacial score (nSPS) is 24.0. The number of hydrogen-bond donors (Lipinski definition) is 3. The van der Waals surface area contributed by atoms with Crippen LogP contribution in [0.15, 0.2) is 12.1 Å². The molecule has 0 radical (unpaired) electrons. The first-order valence-electron chi connectivity index (χ1n) is 11.1. The summed E-state index contributed by atoms with van der Waals surface area (Å²) < 4.78 is 0.947. The molecule has 7 heteroatoms. The van der Waals surface area contributed by atoms with Crippen molar-refractivity contribution in [3.8, 4) is 0 Å². The SMILES string of the molecule is CC(=O)c1cc(NC(=O)CC2CCC(C)C2C)[c]([Hg])c(NC(=O)NC2CCCC2)c1. The summed E-state index contributed by atoms with van der Waals surface area (Å²) in [6.45, 7) is 5.99. The fourth-order valence-corrected chi connectivity index (χ4v) is 6.19. The summed E-state index contributed by atoms with van der Waals surface area (Å²) in [6.07, 6.45) is 7.10. The zero-order valence-electron chi connectivity index (χ0n) is 18.3. The molecule has 3 N–H and O–H groups in total. The number of nitrogens with one attached hydrogen (secondary N) is 3. The van der Waals surface area contributed by atoms with Crippen molar-refractivity contribution < 1.29 is 40.5 Å². The standard InChI is InChI=1S/C23H32N3O3.Hg/c1-14-8-9-17(15(14)2)12-22(28)24-20-10-18(16(3)27)11-21(13-20)26-23(29)25-19-6-4-5-7-19;/h10-11,14-15,17,19H,4-9,12H2,1-3H3,(H,24,28)(H2,25,26,29);. The van der Waals surface area contributed by atoms with Crippen LogP contribution >= 0.6 is 0 Å². The van der Waals surface area contributed by atoms with E-state index in [0.29, 0.717) is 41.1 Å². The van der Waals surface area contributed by atoms with Crippen molar-refractivity contribution in [2.24, 2.45) is 17.8 Å². The van der Waals surface area contributed by atoms with Gasteiger partial charge in [-0.05, 0) is 0 Å². The Morgan fingerprint density at radius 2 is 1.63 bits per heavy atom. The zero-order valence-corrected chi connectivity index (χ0v) is 23.8. The summed E-state index contributed by atoms with van der Waals surface area (Å²) in [5.41, 5.74) is 1.81. The number of urea groups is 1. The zero-order chi connectivity index (χ0) is 21.8. The molecule has 2 aliphatic carbocycles. The van der Waals surface area contributed by atoms with E-state index >= 15 is 0 Å². The molecular weight excluding hydrogens is 567 g/mol. The minimum absolute atomic E-state index is 0.00490. The first kappa shape index (κ1) is 23.2. The molecule has 2 fully saturated rings. The second-order valence-corrected chi connectivity index (χ2v) is 11.9. The number of anilines is 2. The molecule has 0 aliphatic heterocycles. The Labute approximate surface area is 195 Å². The number of rotatable bonds is 6. The van der Waals surface area contributed by atoms with Crippen molar-refractivity contribution in [3.63, 3.8) is 0 Å². The monoisotopic (exact) mass is 600 g/mol. The van der Waals surface area contributed by atoms with E-state index in [1.165, 1.54) is 13.3 Å². The number of Topliss-reactive ketones (excluding diaryl/α,β-unsaturated/α-hetero) is 1. The second kappa shape index (κ2) is 10.2. The summed E-state index contributed by atoms with van der Waals surface area (Å²) >= 11 is 0.143. The Bertz CT molecular complexity index is 820. The van der Waals surface area contributed by atoms with Gasteiger partial charge in [0.15, 0.2) is 0 Å². The molecule has 2 aliphatic rings. The minimum atomic E-state index is -0.236. The molecule has 3 amide bonds. The van der Waals surface area contributed by atoms with Gasteiger partial charge in [-0.25, -0.2) is 0 Å². The van der Waals surface area contributed by atoms with E-state index in [2.05, 4.69) is 29.8 Å². The molecule has 2 saturated carbocycles. The molecule has 3 unspecified atom stereocenters. The van der Waals surface area contributed by atoms with Crippen molar-refractivity contribution in [2.45, 2.75) is 71.8 Å². The predicted octanol–water partition coefficient (Wildman–Crippen LogP) is 4.14. The first-order chi connectivity index (χ1) is 14.2. The van der Waals surface area contributed by atoms with E-state index in [1.807, 2.05) is 0 Å². The van der Waals surface area contributed by atoms with Crippen LogP contribution in [-0.4, -0.2) is 23.8 Å². The number of benzene rings is 1. The third-order valence-electron chi connectivity index (χ3n) is 6.95. The van der Waals surface area contributed by atoms with Crippen LogP contribution in [0.4, 0.5) is 16.2 Å². The van der Waals surface area contributed by atoms with Crippen LogP contribution in [0, 0.1) is 17.8 Å². The molecule has 6 nitrogen and oxygen atoms in total. The Balaban J connectivity index is 1.72. The third kappa shape index (κ3) is 5.83. The topological polar surface area (TPSA) is 87.3 Å². The molecule has 0 spiro atoms. The van der Waals surface area contributed by atoms with Crippen LogP contribution in [0.5, 0.6) is 0 Å². The van der Waals surface area contributed by atoms with Gasteiger partial charge in [0.1, 0.15) is 0 Å². The van der Waals surface area contributed by atoms with Crippen LogP contribution in [-0.2, 0) is 30.9 Å². The number of carbonyl (C=O) groups is 3. The fraction of sp³-hybridized carbons (Fsp3) is 0.609. The van der Waals surface area contributed by atoms with Crippen molar-refractivity contribution in [1.82, 2.24) is 5.32 Å². The molecule has 159 valence electrons. The van der Waals surface area contributed by atoms with E-state index in [4.69, 9.17) is 0 Å². The van der Waals surface area contributed by atoms with Crippen molar-refractivity contribution in [1.29, 1.82) is 0 Å². The van der Waals surface area contributed by atoms with Crippen molar-refractivity contribution in [3.05, 3.63) is 17.7 Å². The number of ketones is 1. The quantitative estimate of drug-likeness (QED) is 0.340. The van der Waals surface area contributed by atoms with Gasteiger partial charge in [-0.1, -0.05) is 0 Å². The number of carbonyl (C=O) groups excluding carboxylic acids is 3. The predicted molar refractivity (Wildman–Crippen MR) is 115 cm³/mol. The second-order valence-electron chi connectivity index (χ2n) is 9.11. The summed E-state index contributed by atoms with van der Waals surface area (Å²) in [6, 6.07) is 3.47. The van der Waals surface area contributed by atoms with Gasteiger partial charge in [0.05, 0.1) is 0 Å². The summed E-state index contributed by atoms with van der Waals surface area (Å²) in [5, 5.41) is 8.99. The maximum absolute atomic E-state index is 12.7. The van der Waals surface area contributed by atoms with Gasteiger partial charge in [0, 0.05) is 0 Å².